The molecule has 0 spiro atoms. The quantitative estimate of drug-likeness (QED) is 0.509. The van der Waals surface area contributed by atoms with Crippen LogP contribution < -0.4 is 0 Å². The third-order valence-electron chi connectivity index (χ3n) is 4.09. The van der Waals surface area contributed by atoms with E-state index in [-0.39, 0.29) is 0 Å². The summed E-state index contributed by atoms with van der Waals surface area (Å²) >= 11 is 0. The molecule has 0 heteroatoms. The Bertz CT molecular complexity index is 270. The first-order valence-corrected chi connectivity index (χ1v) is 7.49. The maximum Gasteiger partial charge on any atom is -0.0203 e. The van der Waals surface area contributed by atoms with Crippen molar-refractivity contribution >= 4 is 0 Å². The van der Waals surface area contributed by atoms with Gasteiger partial charge in [0.25, 0.3) is 0 Å². The van der Waals surface area contributed by atoms with Crippen LogP contribution in [0.15, 0.2) is 22.8 Å². The lowest BCUT2D eigenvalue weighted by Gasteiger charge is -2.23. The van der Waals surface area contributed by atoms with Crippen LogP contribution >= 0.6 is 0 Å². The molecule has 1 fully saturated rings. The smallest absolute Gasteiger partial charge is 0.0203 e. The van der Waals surface area contributed by atoms with Crippen molar-refractivity contribution in [2.75, 3.05) is 0 Å². The van der Waals surface area contributed by atoms with Crippen molar-refractivity contribution in [2.45, 2.75) is 79.1 Å². The molecule has 1 aliphatic rings. The minimum atomic E-state index is 0.875. The summed E-state index contributed by atoms with van der Waals surface area (Å²) in [6.07, 6.45) is 13.6. The molecule has 0 saturated heterocycles. The molecule has 0 amide bonds. The van der Waals surface area contributed by atoms with Crippen LogP contribution in [0.5, 0.6) is 0 Å². The number of unbranched alkanes of at least 4 members (excludes halogenated alkanes) is 1. The molecule has 98 valence electrons. The van der Waals surface area contributed by atoms with E-state index in [9.17, 15) is 0 Å². The van der Waals surface area contributed by atoms with Crippen LogP contribution in [-0.2, 0) is 0 Å². The summed E-state index contributed by atoms with van der Waals surface area (Å²) in [5.41, 5.74) is 4.74. The van der Waals surface area contributed by atoms with Crippen LogP contribution in [0, 0.1) is 5.92 Å². The van der Waals surface area contributed by atoms with E-state index < -0.39 is 0 Å². The maximum absolute atomic E-state index is 2.50. The fraction of sp³-hybridized carbons (Fsp3) is 0.765. The topological polar surface area (TPSA) is 0 Å². The molecule has 0 N–H and O–H groups in total. The van der Waals surface area contributed by atoms with Gasteiger partial charge in [0.2, 0.25) is 0 Å². The van der Waals surface area contributed by atoms with E-state index in [4.69, 9.17) is 0 Å². The Labute approximate surface area is 108 Å². The number of hydrogen-bond acceptors (Lipinski definition) is 0. The molecule has 0 aromatic heterocycles. The van der Waals surface area contributed by atoms with Gasteiger partial charge in [0.05, 0.1) is 0 Å². The Morgan fingerprint density at radius 1 is 1.06 bits per heavy atom. The van der Waals surface area contributed by atoms with Gasteiger partial charge in [-0.2, -0.15) is 0 Å². The molecule has 0 atom stereocenters. The average Bonchev–Trinajstić information content (AvgIpc) is 2.35. The minimum absolute atomic E-state index is 0.875. The number of allylic oxidation sites excluding steroid dienone is 4. The Morgan fingerprint density at radius 3 is 2.24 bits per heavy atom. The van der Waals surface area contributed by atoms with Gasteiger partial charge < -0.3 is 0 Å². The van der Waals surface area contributed by atoms with E-state index in [2.05, 4.69) is 33.8 Å². The Kier molecular flexibility index (Phi) is 6.62. The fourth-order valence-electron chi connectivity index (χ4n) is 2.78. The van der Waals surface area contributed by atoms with Gasteiger partial charge in [-0.3, -0.25) is 0 Å². The molecule has 1 aliphatic carbocycles. The largest absolute Gasteiger partial charge is 0.0732 e. The summed E-state index contributed by atoms with van der Waals surface area (Å²) in [6.45, 7) is 9.15. The van der Waals surface area contributed by atoms with Crippen molar-refractivity contribution < 1.29 is 0 Å². The molecule has 0 radical (unpaired) electrons. The summed E-state index contributed by atoms with van der Waals surface area (Å²) in [5, 5.41) is 0. The zero-order valence-electron chi connectivity index (χ0n) is 12.3. The minimum Gasteiger partial charge on any atom is -0.0732 e. The highest BCUT2D eigenvalue weighted by molar-refractivity contribution is 5.27. The second-order valence-corrected chi connectivity index (χ2v) is 5.85. The van der Waals surface area contributed by atoms with E-state index in [1.54, 1.807) is 11.1 Å². The van der Waals surface area contributed by atoms with Gasteiger partial charge >= 0.3 is 0 Å². The Hall–Kier alpha value is -0.520. The Morgan fingerprint density at radius 2 is 1.71 bits per heavy atom. The van der Waals surface area contributed by atoms with Crippen LogP contribution in [0.25, 0.3) is 0 Å². The van der Waals surface area contributed by atoms with Gasteiger partial charge in [0.15, 0.2) is 0 Å². The molecule has 0 heterocycles. The second kappa shape index (κ2) is 7.74. The molecular weight excluding hydrogens is 204 g/mol. The normalized spacial score (nSPS) is 18.2. The van der Waals surface area contributed by atoms with Crippen molar-refractivity contribution in [3.8, 4) is 0 Å². The molecule has 0 aromatic rings. The van der Waals surface area contributed by atoms with E-state index >= 15 is 0 Å². The summed E-state index contributed by atoms with van der Waals surface area (Å²) in [6, 6.07) is 0. The van der Waals surface area contributed by atoms with Crippen molar-refractivity contribution in [1.29, 1.82) is 0 Å². The highest BCUT2D eigenvalue weighted by Gasteiger charge is 2.15. The summed E-state index contributed by atoms with van der Waals surface area (Å²) in [4.78, 5) is 0. The van der Waals surface area contributed by atoms with Crippen LogP contribution in [0.4, 0.5) is 0 Å². The standard InChI is InChI=1S/C17H30/c1-5-6-10-17(14(2)3)13-15(4)16-11-8-7-9-12-16/h13,16H,5-12H2,1-4H3/b15-13+. The van der Waals surface area contributed by atoms with Crippen LogP contribution in [0.2, 0.25) is 0 Å². The molecule has 0 nitrogen and oxygen atoms in total. The highest BCUT2D eigenvalue weighted by atomic mass is 14.2. The zero-order valence-corrected chi connectivity index (χ0v) is 12.3. The van der Waals surface area contributed by atoms with Crippen LogP contribution in [0.1, 0.15) is 79.1 Å². The van der Waals surface area contributed by atoms with Crippen molar-refractivity contribution in [3.05, 3.63) is 22.8 Å². The van der Waals surface area contributed by atoms with Gasteiger partial charge in [0.1, 0.15) is 0 Å². The molecule has 1 rings (SSSR count). The zero-order chi connectivity index (χ0) is 12.7. The number of rotatable bonds is 5. The highest BCUT2D eigenvalue weighted by Crippen LogP contribution is 2.30. The lowest BCUT2D eigenvalue weighted by atomic mass is 9.83. The summed E-state index contributed by atoms with van der Waals surface area (Å²) < 4.78 is 0. The summed E-state index contributed by atoms with van der Waals surface area (Å²) in [7, 11) is 0. The molecule has 0 aliphatic heterocycles. The van der Waals surface area contributed by atoms with E-state index in [1.165, 1.54) is 56.9 Å². The monoisotopic (exact) mass is 234 g/mol. The predicted molar refractivity (Wildman–Crippen MR) is 78.2 cm³/mol. The van der Waals surface area contributed by atoms with E-state index in [0.29, 0.717) is 0 Å². The first-order valence-electron chi connectivity index (χ1n) is 7.49. The average molecular weight is 234 g/mol. The molecule has 1 saturated carbocycles. The van der Waals surface area contributed by atoms with Gasteiger partial charge in [0, 0.05) is 0 Å². The van der Waals surface area contributed by atoms with Crippen LogP contribution in [0.3, 0.4) is 0 Å². The number of hydrogen-bond donors (Lipinski definition) is 0. The maximum atomic E-state index is 2.50. The van der Waals surface area contributed by atoms with Crippen molar-refractivity contribution in [1.82, 2.24) is 0 Å². The molecule has 0 unspecified atom stereocenters. The lowest BCUT2D eigenvalue weighted by Crippen LogP contribution is -2.07. The third kappa shape index (κ3) is 5.10. The lowest BCUT2D eigenvalue weighted by molar-refractivity contribution is 0.402. The molecule has 0 bridgehead atoms. The molecular formula is C17H30. The first-order chi connectivity index (χ1) is 8.15. The Balaban J connectivity index is 2.65. The van der Waals surface area contributed by atoms with Gasteiger partial charge in [-0.15, -0.1) is 0 Å². The third-order valence-corrected chi connectivity index (χ3v) is 4.09. The van der Waals surface area contributed by atoms with Gasteiger partial charge in [-0.05, 0) is 57.9 Å². The first kappa shape index (κ1) is 14.5. The van der Waals surface area contributed by atoms with E-state index in [0.717, 1.165) is 5.92 Å². The van der Waals surface area contributed by atoms with Gasteiger partial charge in [-0.1, -0.05) is 49.8 Å². The van der Waals surface area contributed by atoms with Crippen LogP contribution in [-0.4, -0.2) is 0 Å². The van der Waals surface area contributed by atoms with Crippen molar-refractivity contribution in [3.63, 3.8) is 0 Å². The van der Waals surface area contributed by atoms with Crippen molar-refractivity contribution in [2.24, 2.45) is 5.92 Å². The van der Waals surface area contributed by atoms with Gasteiger partial charge in [-0.25, -0.2) is 0 Å². The molecule has 0 aromatic carbocycles. The molecule has 17 heavy (non-hydrogen) atoms. The SMILES string of the molecule is CCCCC(/C=C(\C)C1CCCCC1)=C(C)C. The fourth-order valence-corrected chi connectivity index (χ4v) is 2.78. The predicted octanol–water partition coefficient (Wildman–Crippen LogP) is 6.04. The summed E-state index contributed by atoms with van der Waals surface area (Å²) in [5.74, 6) is 0.875. The van der Waals surface area contributed by atoms with E-state index in [1.807, 2.05) is 0 Å². The second-order valence-electron chi connectivity index (χ2n) is 5.85.